The van der Waals surface area contributed by atoms with Gasteiger partial charge in [0.2, 0.25) is 0 Å². The first-order chi connectivity index (χ1) is 7.27. The molecule has 2 rings (SSSR count). The van der Waals surface area contributed by atoms with E-state index in [0.29, 0.717) is 6.42 Å². The van der Waals surface area contributed by atoms with Crippen molar-refractivity contribution in [2.24, 2.45) is 0 Å². The van der Waals surface area contributed by atoms with Crippen LogP contribution >= 0.6 is 12.6 Å². The third kappa shape index (κ3) is 2.39. The summed E-state index contributed by atoms with van der Waals surface area (Å²) in [6.07, 6.45) is 1.26. The third-order valence-corrected chi connectivity index (χ3v) is 2.71. The Labute approximate surface area is 94.5 Å². The number of rotatable bonds is 3. The maximum absolute atomic E-state index is 10.8. The van der Waals surface area contributed by atoms with Crippen LogP contribution in [0.15, 0.2) is 42.5 Å². The van der Waals surface area contributed by atoms with E-state index >= 15 is 0 Å². The highest BCUT2D eigenvalue weighted by Gasteiger charge is 2.01. The molecule has 0 aliphatic rings. The van der Waals surface area contributed by atoms with Gasteiger partial charge in [-0.1, -0.05) is 42.5 Å². The van der Waals surface area contributed by atoms with Crippen LogP contribution in [-0.2, 0) is 11.2 Å². The second-order valence-electron chi connectivity index (χ2n) is 3.53. The zero-order valence-electron chi connectivity index (χ0n) is 8.31. The number of aryl methyl sites for hydroxylation is 1. The maximum Gasteiger partial charge on any atom is 0.186 e. The smallest absolute Gasteiger partial charge is 0.186 e. The van der Waals surface area contributed by atoms with E-state index in [-0.39, 0.29) is 5.12 Å². The molecule has 0 N–H and O–H groups in total. The summed E-state index contributed by atoms with van der Waals surface area (Å²) in [5.74, 6) is 0. The number of hydrogen-bond acceptors (Lipinski definition) is 1. The molecular formula is C13H12OS. The molecule has 76 valence electrons. The number of benzene rings is 2. The first kappa shape index (κ1) is 10.2. The molecule has 0 bridgehead atoms. The van der Waals surface area contributed by atoms with Gasteiger partial charge in [-0.05, 0) is 22.8 Å². The summed E-state index contributed by atoms with van der Waals surface area (Å²) in [5, 5.41) is 2.40. The van der Waals surface area contributed by atoms with E-state index < -0.39 is 0 Å². The second-order valence-corrected chi connectivity index (χ2v) is 4.03. The molecule has 0 radical (unpaired) electrons. The molecule has 0 heterocycles. The van der Waals surface area contributed by atoms with Gasteiger partial charge in [0.15, 0.2) is 5.12 Å². The second kappa shape index (κ2) is 4.49. The fourth-order valence-electron chi connectivity index (χ4n) is 1.75. The SMILES string of the molecule is O=C(S)CCc1cccc2ccccc12. The van der Waals surface area contributed by atoms with Crippen LogP contribution < -0.4 is 0 Å². The molecule has 0 saturated heterocycles. The fraction of sp³-hybridized carbons (Fsp3) is 0.154. The Bertz CT molecular complexity index is 485. The molecule has 0 aliphatic heterocycles. The van der Waals surface area contributed by atoms with Gasteiger partial charge in [-0.15, -0.1) is 12.6 Å². The molecular weight excluding hydrogens is 204 g/mol. The Morgan fingerprint density at radius 3 is 2.60 bits per heavy atom. The van der Waals surface area contributed by atoms with Gasteiger partial charge in [0.25, 0.3) is 0 Å². The number of fused-ring (bicyclic) bond motifs is 1. The van der Waals surface area contributed by atoms with Gasteiger partial charge in [0.1, 0.15) is 0 Å². The van der Waals surface area contributed by atoms with Crippen LogP contribution in [0.4, 0.5) is 0 Å². The summed E-state index contributed by atoms with van der Waals surface area (Å²) in [4.78, 5) is 10.8. The maximum atomic E-state index is 10.8. The summed E-state index contributed by atoms with van der Waals surface area (Å²) in [5.41, 5.74) is 1.22. The lowest BCUT2D eigenvalue weighted by Gasteiger charge is -2.04. The summed E-state index contributed by atoms with van der Waals surface area (Å²) in [7, 11) is 0. The van der Waals surface area contributed by atoms with E-state index in [1.807, 2.05) is 18.2 Å². The molecule has 0 aliphatic carbocycles. The Hall–Kier alpha value is -1.28. The van der Waals surface area contributed by atoms with Gasteiger partial charge in [0.05, 0.1) is 0 Å². The van der Waals surface area contributed by atoms with Crippen LogP contribution in [0.5, 0.6) is 0 Å². The van der Waals surface area contributed by atoms with Crippen molar-refractivity contribution in [1.29, 1.82) is 0 Å². The van der Waals surface area contributed by atoms with Crippen molar-refractivity contribution < 1.29 is 4.79 Å². The highest BCUT2D eigenvalue weighted by atomic mass is 32.1. The Balaban J connectivity index is 2.38. The van der Waals surface area contributed by atoms with Crippen molar-refractivity contribution >= 4 is 28.5 Å². The van der Waals surface area contributed by atoms with E-state index in [2.05, 4.69) is 36.9 Å². The Morgan fingerprint density at radius 1 is 1.07 bits per heavy atom. The highest BCUT2D eigenvalue weighted by molar-refractivity contribution is 7.96. The van der Waals surface area contributed by atoms with Gasteiger partial charge < -0.3 is 0 Å². The molecule has 0 spiro atoms. The van der Waals surface area contributed by atoms with E-state index in [4.69, 9.17) is 0 Å². The van der Waals surface area contributed by atoms with Crippen molar-refractivity contribution in [2.75, 3.05) is 0 Å². The highest BCUT2D eigenvalue weighted by Crippen LogP contribution is 2.19. The molecule has 2 aromatic carbocycles. The standard InChI is InChI=1S/C13H12OS/c14-13(15)9-8-11-6-3-5-10-4-1-2-7-12(10)11/h1-7H,8-9H2,(H,14,15). The zero-order valence-corrected chi connectivity index (χ0v) is 9.21. The van der Waals surface area contributed by atoms with Crippen LogP contribution in [-0.4, -0.2) is 5.12 Å². The molecule has 15 heavy (non-hydrogen) atoms. The fourth-order valence-corrected chi connectivity index (χ4v) is 1.86. The van der Waals surface area contributed by atoms with Crippen molar-refractivity contribution in [3.05, 3.63) is 48.0 Å². The summed E-state index contributed by atoms with van der Waals surface area (Å²) in [6.45, 7) is 0. The Kier molecular flexibility index (Phi) is 3.07. The van der Waals surface area contributed by atoms with Gasteiger partial charge in [-0.3, -0.25) is 4.79 Å². The van der Waals surface area contributed by atoms with Crippen molar-refractivity contribution in [1.82, 2.24) is 0 Å². The normalized spacial score (nSPS) is 10.5. The molecule has 2 aromatic rings. The lowest BCUT2D eigenvalue weighted by Crippen LogP contribution is -1.92. The molecule has 1 nitrogen and oxygen atoms in total. The number of carbonyl (C=O) groups excluding carboxylic acids is 1. The number of hydrogen-bond donors (Lipinski definition) is 1. The van der Waals surface area contributed by atoms with Crippen LogP contribution in [0.3, 0.4) is 0 Å². The predicted molar refractivity (Wildman–Crippen MR) is 66.3 cm³/mol. The van der Waals surface area contributed by atoms with Gasteiger partial charge in [0, 0.05) is 6.42 Å². The minimum Gasteiger partial charge on any atom is -0.287 e. The lowest BCUT2D eigenvalue weighted by atomic mass is 10.0. The first-order valence-corrected chi connectivity index (χ1v) is 5.40. The summed E-state index contributed by atoms with van der Waals surface area (Å²) >= 11 is 3.78. The summed E-state index contributed by atoms with van der Waals surface area (Å²) in [6, 6.07) is 14.4. The van der Waals surface area contributed by atoms with Crippen molar-refractivity contribution in [2.45, 2.75) is 12.8 Å². The number of thiol groups is 1. The average Bonchev–Trinajstić information content (AvgIpc) is 2.26. The quantitative estimate of drug-likeness (QED) is 0.779. The molecule has 2 heteroatoms. The molecule has 0 fully saturated rings. The third-order valence-electron chi connectivity index (χ3n) is 2.49. The van der Waals surface area contributed by atoms with E-state index in [1.165, 1.54) is 16.3 Å². The van der Waals surface area contributed by atoms with Gasteiger partial charge in [-0.25, -0.2) is 0 Å². The van der Waals surface area contributed by atoms with Crippen molar-refractivity contribution in [3.8, 4) is 0 Å². The minimum atomic E-state index is -0.0528. The van der Waals surface area contributed by atoms with Gasteiger partial charge in [-0.2, -0.15) is 0 Å². The monoisotopic (exact) mass is 216 g/mol. The molecule has 0 amide bonds. The average molecular weight is 216 g/mol. The molecule has 0 atom stereocenters. The first-order valence-electron chi connectivity index (χ1n) is 4.96. The zero-order chi connectivity index (χ0) is 10.7. The van der Waals surface area contributed by atoms with E-state index in [0.717, 1.165) is 6.42 Å². The topological polar surface area (TPSA) is 17.1 Å². The van der Waals surface area contributed by atoms with E-state index in [1.54, 1.807) is 0 Å². The molecule has 0 aromatic heterocycles. The van der Waals surface area contributed by atoms with E-state index in [9.17, 15) is 4.79 Å². The summed E-state index contributed by atoms with van der Waals surface area (Å²) < 4.78 is 0. The molecule has 0 saturated carbocycles. The van der Waals surface area contributed by atoms with Crippen LogP contribution in [0.2, 0.25) is 0 Å². The van der Waals surface area contributed by atoms with Gasteiger partial charge >= 0.3 is 0 Å². The van der Waals surface area contributed by atoms with Crippen LogP contribution in [0, 0.1) is 0 Å². The van der Waals surface area contributed by atoms with Crippen LogP contribution in [0.25, 0.3) is 10.8 Å². The predicted octanol–water partition coefficient (Wildman–Crippen LogP) is 3.23. The minimum absolute atomic E-state index is 0.0528. The lowest BCUT2D eigenvalue weighted by molar-refractivity contribution is -0.110. The largest absolute Gasteiger partial charge is 0.287 e. The van der Waals surface area contributed by atoms with Crippen LogP contribution in [0.1, 0.15) is 12.0 Å². The number of carbonyl (C=O) groups is 1. The molecule has 0 unspecified atom stereocenters. The Morgan fingerprint density at radius 2 is 1.80 bits per heavy atom. The van der Waals surface area contributed by atoms with Crippen molar-refractivity contribution in [3.63, 3.8) is 0 Å².